The first kappa shape index (κ1) is 16.7. The largest absolute Gasteiger partial charge is 0.367 e. The van der Waals surface area contributed by atoms with Gasteiger partial charge in [-0.1, -0.05) is 13.8 Å². The van der Waals surface area contributed by atoms with Crippen molar-refractivity contribution in [2.24, 2.45) is 0 Å². The van der Waals surface area contributed by atoms with E-state index < -0.39 is 0 Å². The molecular formula is C16H27BrN4. The van der Waals surface area contributed by atoms with E-state index in [1.165, 1.54) is 25.8 Å². The van der Waals surface area contributed by atoms with Gasteiger partial charge in [0.05, 0.1) is 0 Å². The Hall–Kier alpha value is -0.680. The molecule has 1 unspecified atom stereocenters. The summed E-state index contributed by atoms with van der Waals surface area (Å²) >= 11 is 3.49. The Balaban J connectivity index is 1.80. The van der Waals surface area contributed by atoms with E-state index in [-0.39, 0.29) is 0 Å². The Morgan fingerprint density at radius 2 is 2.05 bits per heavy atom. The molecule has 0 amide bonds. The van der Waals surface area contributed by atoms with Gasteiger partial charge in [-0.15, -0.1) is 0 Å². The predicted octanol–water partition coefficient (Wildman–Crippen LogP) is 4.04. The molecule has 1 saturated carbocycles. The highest BCUT2D eigenvalue weighted by atomic mass is 79.9. The molecule has 1 aliphatic carbocycles. The number of halogens is 1. The molecule has 1 fully saturated rings. The normalized spacial score (nSPS) is 16.2. The molecule has 2 rings (SSSR count). The lowest BCUT2D eigenvalue weighted by Crippen LogP contribution is -2.25. The van der Waals surface area contributed by atoms with E-state index in [1.807, 2.05) is 6.07 Å². The third kappa shape index (κ3) is 5.55. The molecule has 0 radical (unpaired) electrons. The molecule has 1 aromatic heterocycles. The van der Waals surface area contributed by atoms with E-state index in [0.717, 1.165) is 35.8 Å². The van der Waals surface area contributed by atoms with Crippen LogP contribution >= 0.6 is 15.9 Å². The maximum atomic E-state index is 4.65. The van der Waals surface area contributed by atoms with Crippen LogP contribution in [-0.2, 0) is 0 Å². The lowest BCUT2D eigenvalue weighted by Gasteiger charge is -2.20. The molecule has 0 aromatic carbocycles. The summed E-state index contributed by atoms with van der Waals surface area (Å²) in [5, 5.41) is 3.52. The first-order chi connectivity index (χ1) is 10.1. The zero-order valence-electron chi connectivity index (χ0n) is 13.4. The van der Waals surface area contributed by atoms with Crippen LogP contribution < -0.4 is 5.32 Å². The smallest absolute Gasteiger partial charge is 0.135 e. The molecule has 0 aliphatic heterocycles. The molecule has 0 bridgehead atoms. The number of rotatable bonds is 9. The van der Waals surface area contributed by atoms with Crippen molar-refractivity contribution in [3.8, 4) is 0 Å². The number of aromatic nitrogens is 2. The second kappa shape index (κ2) is 8.08. The summed E-state index contributed by atoms with van der Waals surface area (Å²) in [5.74, 6) is 2.53. The van der Waals surface area contributed by atoms with Crippen LogP contribution in [0.25, 0.3) is 0 Å². The van der Waals surface area contributed by atoms with Gasteiger partial charge in [0.1, 0.15) is 16.2 Å². The van der Waals surface area contributed by atoms with Gasteiger partial charge in [0, 0.05) is 18.0 Å². The van der Waals surface area contributed by atoms with Crippen LogP contribution in [0, 0.1) is 0 Å². The fraction of sp³-hybridized carbons (Fsp3) is 0.750. The second-order valence-corrected chi connectivity index (χ2v) is 6.74. The maximum absolute atomic E-state index is 4.65. The molecule has 0 saturated heterocycles. The number of anilines is 1. The molecule has 1 heterocycles. The lowest BCUT2D eigenvalue weighted by atomic mass is 10.1. The van der Waals surface area contributed by atoms with E-state index in [9.17, 15) is 0 Å². The predicted molar refractivity (Wildman–Crippen MR) is 91.8 cm³/mol. The van der Waals surface area contributed by atoms with Crippen LogP contribution in [-0.4, -0.2) is 40.5 Å². The monoisotopic (exact) mass is 354 g/mol. The van der Waals surface area contributed by atoms with E-state index in [2.05, 4.69) is 56.9 Å². The molecule has 118 valence electrons. The van der Waals surface area contributed by atoms with Crippen LogP contribution in [0.1, 0.15) is 58.2 Å². The highest BCUT2D eigenvalue weighted by Gasteiger charge is 2.27. The summed E-state index contributed by atoms with van der Waals surface area (Å²) in [6.45, 7) is 10.1. The summed E-state index contributed by atoms with van der Waals surface area (Å²) in [5.41, 5.74) is 0. The van der Waals surface area contributed by atoms with E-state index in [4.69, 9.17) is 0 Å². The van der Waals surface area contributed by atoms with Gasteiger partial charge in [0.15, 0.2) is 0 Å². The Morgan fingerprint density at radius 1 is 1.33 bits per heavy atom. The third-order valence-corrected chi connectivity index (χ3v) is 4.46. The minimum atomic E-state index is 0.439. The fourth-order valence-corrected chi connectivity index (χ4v) is 2.92. The molecule has 5 heteroatoms. The third-order valence-electron chi connectivity index (χ3n) is 4.05. The average molecular weight is 355 g/mol. The van der Waals surface area contributed by atoms with E-state index in [0.29, 0.717) is 12.0 Å². The lowest BCUT2D eigenvalue weighted by molar-refractivity contribution is 0.295. The van der Waals surface area contributed by atoms with E-state index >= 15 is 0 Å². The van der Waals surface area contributed by atoms with Crippen molar-refractivity contribution < 1.29 is 0 Å². The van der Waals surface area contributed by atoms with Crippen molar-refractivity contribution in [3.63, 3.8) is 0 Å². The number of nitrogens with zero attached hydrogens (tertiary/aromatic N) is 3. The summed E-state index contributed by atoms with van der Waals surface area (Å²) < 4.78 is 0.886. The zero-order valence-corrected chi connectivity index (χ0v) is 15.0. The van der Waals surface area contributed by atoms with Crippen molar-refractivity contribution in [2.45, 2.75) is 58.4 Å². The summed E-state index contributed by atoms with van der Waals surface area (Å²) in [6, 6.07) is 2.42. The summed E-state index contributed by atoms with van der Waals surface area (Å²) in [7, 11) is 0. The van der Waals surface area contributed by atoms with Crippen LogP contribution in [0.3, 0.4) is 0 Å². The van der Waals surface area contributed by atoms with Crippen LogP contribution in [0.2, 0.25) is 0 Å². The Labute approximate surface area is 136 Å². The van der Waals surface area contributed by atoms with Crippen LogP contribution in [0.5, 0.6) is 0 Å². The number of hydrogen-bond donors (Lipinski definition) is 1. The van der Waals surface area contributed by atoms with Crippen molar-refractivity contribution in [2.75, 3.05) is 25.0 Å². The minimum absolute atomic E-state index is 0.439. The SMILES string of the molecule is CCN(CC)CCCC(C)Nc1cc(Br)nc(C2CC2)n1. The van der Waals surface area contributed by atoms with Gasteiger partial charge in [0.25, 0.3) is 0 Å². The second-order valence-electron chi connectivity index (χ2n) is 5.92. The molecule has 1 N–H and O–H groups in total. The quantitative estimate of drug-likeness (QED) is 0.679. The Bertz CT molecular complexity index is 444. The number of hydrogen-bond acceptors (Lipinski definition) is 4. The van der Waals surface area contributed by atoms with Gasteiger partial charge >= 0.3 is 0 Å². The topological polar surface area (TPSA) is 41.0 Å². The highest BCUT2D eigenvalue weighted by molar-refractivity contribution is 9.10. The van der Waals surface area contributed by atoms with Crippen molar-refractivity contribution in [3.05, 3.63) is 16.5 Å². The van der Waals surface area contributed by atoms with Crippen molar-refractivity contribution >= 4 is 21.7 Å². The first-order valence-corrected chi connectivity index (χ1v) is 8.95. The molecule has 21 heavy (non-hydrogen) atoms. The Morgan fingerprint density at radius 3 is 2.67 bits per heavy atom. The molecule has 1 aliphatic rings. The van der Waals surface area contributed by atoms with Gasteiger partial charge in [0.2, 0.25) is 0 Å². The zero-order chi connectivity index (χ0) is 15.2. The molecule has 0 spiro atoms. The summed E-state index contributed by atoms with van der Waals surface area (Å²) in [6.07, 6.45) is 4.85. The molecule has 1 atom stereocenters. The highest BCUT2D eigenvalue weighted by Crippen LogP contribution is 2.38. The number of nitrogens with one attached hydrogen (secondary N) is 1. The van der Waals surface area contributed by atoms with Crippen molar-refractivity contribution in [1.82, 2.24) is 14.9 Å². The standard InChI is InChI=1S/C16H27BrN4/c1-4-21(5-2)10-6-7-12(3)18-15-11-14(17)19-16(20-15)13-8-9-13/h11-13H,4-10H2,1-3H3,(H,18,19,20). The molecular weight excluding hydrogens is 328 g/mol. The van der Waals surface area contributed by atoms with Gasteiger partial charge in [-0.25, -0.2) is 9.97 Å². The van der Waals surface area contributed by atoms with Gasteiger partial charge in [-0.2, -0.15) is 0 Å². The van der Waals surface area contributed by atoms with Crippen LogP contribution in [0.15, 0.2) is 10.7 Å². The van der Waals surface area contributed by atoms with Gasteiger partial charge < -0.3 is 10.2 Å². The Kier molecular flexibility index (Phi) is 6.42. The van der Waals surface area contributed by atoms with Gasteiger partial charge in [-0.3, -0.25) is 0 Å². The molecule has 4 nitrogen and oxygen atoms in total. The molecule has 1 aromatic rings. The first-order valence-electron chi connectivity index (χ1n) is 8.15. The van der Waals surface area contributed by atoms with Gasteiger partial charge in [-0.05, 0) is 68.2 Å². The van der Waals surface area contributed by atoms with E-state index in [1.54, 1.807) is 0 Å². The van der Waals surface area contributed by atoms with Crippen LogP contribution in [0.4, 0.5) is 5.82 Å². The minimum Gasteiger partial charge on any atom is -0.367 e. The summed E-state index contributed by atoms with van der Waals surface area (Å²) in [4.78, 5) is 11.6. The van der Waals surface area contributed by atoms with Crippen molar-refractivity contribution in [1.29, 1.82) is 0 Å². The average Bonchev–Trinajstić information content (AvgIpc) is 3.27. The fourth-order valence-electron chi connectivity index (χ4n) is 2.52. The maximum Gasteiger partial charge on any atom is 0.135 e.